The van der Waals surface area contributed by atoms with Gasteiger partial charge in [0.1, 0.15) is 25.9 Å². The molecule has 0 spiro atoms. The van der Waals surface area contributed by atoms with E-state index < -0.39 is 61.5 Å². The molecule has 0 bridgehead atoms. The molecular formula is C22H30O12. The molecule has 4 N–H and O–H groups in total. The van der Waals surface area contributed by atoms with E-state index in [0.29, 0.717) is 6.42 Å². The number of carbonyl (C=O) groups excluding carboxylic acids is 4. The lowest BCUT2D eigenvalue weighted by Gasteiger charge is -2.16. The molecule has 0 fully saturated rings. The molecule has 0 radical (unpaired) electrons. The molecule has 4 atom stereocenters. The fourth-order valence-corrected chi connectivity index (χ4v) is 2.56. The van der Waals surface area contributed by atoms with Crippen LogP contribution in [0.5, 0.6) is 0 Å². The van der Waals surface area contributed by atoms with Crippen LogP contribution in [0.3, 0.4) is 0 Å². The van der Waals surface area contributed by atoms with Gasteiger partial charge >= 0.3 is 23.9 Å². The molecule has 0 aromatic heterocycles. The van der Waals surface area contributed by atoms with Crippen molar-refractivity contribution in [1.82, 2.24) is 0 Å². The Labute approximate surface area is 196 Å². The number of aliphatic hydroxyl groups is 4. The summed E-state index contributed by atoms with van der Waals surface area (Å²) >= 11 is 0. The minimum Gasteiger partial charge on any atom is -0.467 e. The van der Waals surface area contributed by atoms with Crippen molar-refractivity contribution in [2.45, 2.75) is 44.7 Å². The van der Waals surface area contributed by atoms with E-state index in [1.165, 1.54) is 24.3 Å². The van der Waals surface area contributed by atoms with E-state index in [-0.39, 0.29) is 23.7 Å². The first-order chi connectivity index (χ1) is 16.0. The number of rotatable bonds is 13. The Bertz CT molecular complexity index is 820. The number of ether oxygens (including phenoxy) is 4. The first kappa shape index (κ1) is 29.0. The van der Waals surface area contributed by atoms with E-state index in [1.807, 2.05) is 13.8 Å². The smallest absolute Gasteiger partial charge is 0.338 e. The average Bonchev–Trinajstić information content (AvgIpc) is 2.82. The summed E-state index contributed by atoms with van der Waals surface area (Å²) in [5.74, 6) is -3.89. The van der Waals surface area contributed by atoms with Crippen LogP contribution in [-0.4, -0.2) is 95.6 Å². The SMILES string of the molecule is COC(=O)C(O)C(O)C(=O)OCC(O)COC(=O)c1ccc(C(=O)OCC(O)CC(C)C)cc1. The first-order valence-electron chi connectivity index (χ1n) is 10.4. The highest BCUT2D eigenvalue weighted by Gasteiger charge is 2.32. The summed E-state index contributed by atoms with van der Waals surface area (Å²) in [6, 6.07) is 5.28. The molecule has 1 aromatic rings. The molecule has 34 heavy (non-hydrogen) atoms. The van der Waals surface area contributed by atoms with E-state index in [1.54, 1.807) is 0 Å². The Morgan fingerprint density at radius 3 is 1.56 bits per heavy atom. The second-order valence-electron chi connectivity index (χ2n) is 7.75. The van der Waals surface area contributed by atoms with Crippen LogP contribution in [0.4, 0.5) is 0 Å². The van der Waals surface area contributed by atoms with Crippen LogP contribution in [-0.2, 0) is 28.5 Å². The fourth-order valence-electron chi connectivity index (χ4n) is 2.56. The molecule has 0 aliphatic heterocycles. The van der Waals surface area contributed by atoms with Crippen molar-refractivity contribution in [3.8, 4) is 0 Å². The second-order valence-corrected chi connectivity index (χ2v) is 7.75. The topological polar surface area (TPSA) is 186 Å². The molecule has 4 unspecified atom stereocenters. The monoisotopic (exact) mass is 486 g/mol. The highest BCUT2D eigenvalue weighted by Crippen LogP contribution is 2.10. The predicted octanol–water partition coefficient (Wildman–Crippen LogP) is -0.794. The normalized spacial score (nSPS) is 14.5. The highest BCUT2D eigenvalue weighted by molar-refractivity contribution is 5.93. The van der Waals surface area contributed by atoms with Crippen LogP contribution in [0, 0.1) is 5.92 Å². The van der Waals surface area contributed by atoms with Gasteiger partial charge in [0.25, 0.3) is 0 Å². The van der Waals surface area contributed by atoms with Gasteiger partial charge in [-0.25, -0.2) is 19.2 Å². The van der Waals surface area contributed by atoms with Gasteiger partial charge in [0.15, 0.2) is 12.2 Å². The number of hydrogen-bond acceptors (Lipinski definition) is 12. The molecule has 1 aromatic carbocycles. The van der Waals surface area contributed by atoms with E-state index in [0.717, 1.165) is 7.11 Å². The van der Waals surface area contributed by atoms with E-state index in [9.17, 15) is 39.6 Å². The molecule has 0 heterocycles. The zero-order valence-corrected chi connectivity index (χ0v) is 19.1. The number of benzene rings is 1. The number of hydrogen-bond donors (Lipinski definition) is 4. The maximum absolute atomic E-state index is 12.1. The second kappa shape index (κ2) is 14.3. The van der Waals surface area contributed by atoms with Gasteiger partial charge in [0.05, 0.1) is 24.3 Å². The molecular weight excluding hydrogens is 456 g/mol. The molecule has 0 aliphatic rings. The molecule has 12 heteroatoms. The standard InChI is InChI=1S/C22H30O12/c1-12(2)8-15(23)9-32-19(27)13-4-6-14(7-5-13)20(28)33-10-16(24)11-34-22(30)18(26)17(25)21(29)31-3/h4-7,12,15-18,23-26H,8-11H2,1-3H3. The third-order valence-electron chi connectivity index (χ3n) is 4.31. The molecule has 0 aliphatic carbocycles. The molecule has 0 saturated carbocycles. The van der Waals surface area contributed by atoms with E-state index >= 15 is 0 Å². The van der Waals surface area contributed by atoms with Gasteiger partial charge < -0.3 is 39.4 Å². The van der Waals surface area contributed by atoms with Gasteiger partial charge in [0.2, 0.25) is 0 Å². The van der Waals surface area contributed by atoms with E-state index in [4.69, 9.17) is 9.47 Å². The zero-order chi connectivity index (χ0) is 25.8. The lowest BCUT2D eigenvalue weighted by molar-refractivity contribution is -0.173. The summed E-state index contributed by atoms with van der Waals surface area (Å²) in [5, 5.41) is 38.4. The Hall–Kier alpha value is -3.06. The summed E-state index contributed by atoms with van der Waals surface area (Å²) in [5.41, 5.74) is 0.227. The van der Waals surface area contributed by atoms with Crippen molar-refractivity contribution < 1.29 is 58.6 Å². The summed E-state index contributed by atoms with van der Waals surface area (Å²) < 4.78 is 18.6. The molecule has 1 rings (SSSR count). The fraction of sp³-hybridized carbons (Fsp3) is 0.545. The van der Waals surface area contributed by atoms with Gasteiger partial charge in [-0.1, -0.05) is 13.8 Å². The van der Waals surface area contributed by atoms with Crippen molar-refractivity contribution >= 4 is 23.9 Å². The third kappa shape index (κ3) is 9.83. The van der Waals surface area contributed by atoms with E-state index in [2.05, 4.69) is 9.47 Å². The predicted molar refractivity (Wildman–Crippen MR) is 113 cm³/mol. The molecule has 12 nitrogen and oxygen atoms in total. The van der Waals surface area contributed by atoms with Gasteiger partial charge in [-0.2, -0.15) is 0 Å². The van der Waals surface area contributed by atoms with Crippen LogP contribution in [0.1, 0.15) is 41.0 Å². The maximum atomic E-state index is 12.1. The van der Waals surface area contributed by atoms with Crippen LogP contribution in [0.15, 0.2) is 24.3 Å². The lowest BCUT2D eigenvalue weighted by atomic mass is 10.1. The Balaban J connectivity index is 2.45. The minimum absolute atomic E-state index is 0.0669. The third-order valence-corrected chi connectivity index (χ3v) is 4.31. The van der Waals surface area contributed by atoms with Gasteiger partial charge in [-0.3, -0.25) is 0 Å². The first-order valence-corrected chi connectivity index (χ1v) is 10.4. The molecule has 190 valence electrons. The number of aliphatic hydroxyl groups excluding tert-OH is 4. The van der Waals surface area contributed by atoms with Gasteiger partial charge in [-0.15, -0.1) is 0 Å². The summed E-state index contributed by atoms with van der Waals surface area (Å²) in [6.07, 6.45) is -6.12. The highest BCUT2D eigenvalue weighted by atomic mass is 16.6. The van der Waals surface area contributed by atoms with Crippen molar-refractivity contribution in [2.75, 3.05) is 26.9 Å². The largest absolute Gasteiger partial charge is 0.467 e. The summed E-state index contributed by atoms with van der Waals surface area (Å²) in [6.45, 7) is 2.45. The Morgan fingerprint density at radius 2 is 1.12 bits per heavy atom. The Morgan fingerprint density at radius 1 is 0.706 bits per heavy atom. The number of esters is 4. The van der Waals surface area contributed by atoms with Crippen LogP contribution in [0.25, 0.3) is 0 Å². The minimum atomic E-state index is -2.22. The van der Waals surface area contributed by atoms with Crippen molar-refractivity contribution in [3.05, 3.63) is 35.4 Å². The lowest BCUT2D eigenvalue weighted by Crippen LogP contribution is -2.42. The number of methoxy groups -OCH3 is 1. The van der Waals surface area contributed by atoms with Gasteiger partial charge in [0, 0.05) is 0 Å². The average molecular weight is 486 g/mol. The summed E-state index contributed by atoms with van der Waals surface area (Å²) in [7, 11) is 0.946. The Kier molecular flexibility index (Phi) is 12.1. The van der Waals surface area contributed by atoms with Gasteiger partial charge in [-0.05, 0) is 36.6 Å². The van der Waals surface area contributed by atoms with Crippen LogP contribution >= 0.6 is 0 Å². The van der Waals surface area contributed by atoms with Crippen molar-refractivity contribution in [1.29, 1.82) is 0 Å². The van der Waals surface area contributed by atoms with Crippen LogP contribution < -0.4 is 0 Å². The van der Waals surface area contributed by atoms with Crippen LogP contribution in [0.2, 0.25) is 0 Å². The van der Waals surface area contributed by atoms with Crippen molar-refractivity contribution in [2.24, 2.45) is 5.92 Å². The van der Waals surface area contributed by atoms with Crippen molar-refractivity contribution in [3.63, 3.8) is 0 Å². The quantitative estimate of drug-likeness (QED) is 0.201. The zero-order valence-electron chi connectivity index (χ0n) is 19.1. The maximum Gasteiger partial charge on any atom is 0.338 e. The summed E-state index contributed by atoms with van der Waals surface area (Å²) in [4.78, 5) is 46.8. The molecule has 0 saturated heterocycles. The molecule has 0 amide bonds. The number of carbonyl (C=O) groups is 4.